The van der Waals surface area contributed by atoms with Gasteiger partial charge in [-0.3, -0.25) is 9.69 Å². The fraction of sp³-hybridized carbons (Fsp3) is 0.533. The smallest absolute Gasteiger partial charge is 0.238 e. The number of hydrogen-bond acceptors (Lipinski definition) is 2. The second-order valence-electron chi connectivity index (χ2n) is 5.32. The first kappa shape index (κ1) is 14.0. The van der Waals surface area contributed by atoms with Crippen LogP contribution in [0.2, 0.25) is 0 Å². The van der Waals surface area contributed by atoms with Gasteiger partial charge in [0.2, 0.25) is 5.91 Å². The van der Waals surface area contributed by atoms with Crippen LogP contribution in [0.1, 0.15) is 31.7 Å². The van der Waals surface area contributed by atoms with Crippen molar-refractivity contribution >= 4 is 11.6 Å². The van der Waals surface area contributed by atoms with Gasteiger partial charge in [-0.05, 0) is 50.9 Å². The summed E-state index contributed by atoms with van der Waals surface area (Å²) < 4.78 is 13.2. The lowest BCUT2D eigenvalue weighted by atomic mass is 10.0. The Bertz CT molecular complexity index is 461. The molecule has 1 unspecified atom stereocenters. The van der Waals surface area contributed by atoms with Gasteiger partial charge in [0.15, 0.2) is 0 Å². The van der Waals surface area contributed by atoms with Crippen molar-refractivity contribution in [3.05, 3.63) is 29.6 Å². The summed E-state index contributed by atoms with van der Waals surface area (Å²) in [5.74, 6) is -0.394. The Morgan fingerprint density at radius 1 is 1.47 bits per heavy atom. The van der Waals surface area contributed by atoms with E-state index in [9.17, 15) is 9.18 Å². The number of piperidine rings is 1. The van der Waals surface area contributed by atoms with Crippen LogP contribution >= 0.6 is 0 Å². The summed E-state index contributed by atoms with van der Waals surface area (Å²) in [7, 11) is 0. The zero-order valence-corrected chi connectivity index (χ0v) is 11.6. The summed E-state index contributed by atoms with van der Waals surface area (Å²) in [6, 6.07) is 4.90. The minimum atomic E-state index is -0.327. The van der Waals surface area contributed by atoms with Gasteiger partial charge < -0.3 is 5.32 Å². The maximum absolute atomic E-state index is 13.2. The quantitative estimate of drug-likeness (QED) is 0.910. The number of halogens is 1. The summed E-state index contributed by atoms with van der Waals surface area (Å²) in [4.78, 5) is 14.2. The molecule has 4 heteroatoms. The summed E-state index contributed by atoms with van der Waals surface area (Å²) in [5, 5.41) is 2.80. The highest BCUT2D eigenvalue weighted by atomic mass is 19.1. The monoisotopic (exact) mass is 264 g/mol. The Labute approximate surface area is 113 Å². The van der Waals surface area contributed by atoms with Crippen molar-refractivity contribution in [3.63, 3.8) is 0 Å². The Hall–Kier alpha value is -1.42. The van der Waals surface area contributed by atoms with Gasteiger partial charge in [0.25, 0.3) is 0 Å². The van der Waals surface area contributed by atoms with Crippen molar-refractivity contribution in [1.82, 2.24) is 4.90 Å². The van der Waals surface area contributed by atoms with E-state index in [1.54, 1.807) is 6.07 Å². The molecular weight excluding hydrogens is 243 g/mol. The van der Waals surface area contributed by atoms with E-state index < -0.39 is 0 Å². The molecular formula is C15H21FN2O. The Morgan fingerprint density at radius 3 is 3.00 bits per heavy atom. The normalized spacial score (nSPS) is 20.3. The van der Waals surface area contributed by atoms with Gasteiger partial charge in [-0.25, -0.2) is 4.39 Å². The van der Waals surface area contributed by atoms with Crippen molar-refractivity contribution in [1.29, 1.82) is 0 Å². The van der Waals surface area contributed by atoms with Crippen LogP contribution in [-0.4, -0.2) is 29.9 Å². The van der Waals surface area contributed by atoms with E-state index in [0.717, 1.165) is 24.9 Å². The Balaban J connectivity index is 1.95. The number of rotatable bonds is 3. The second-order valence-corrected chi connectivity index (χ2v) is 5.32. The molecule has 1 heterocycles. The van der Waals surface area contributed by atoms with Crippen molar-refractivity contribution in [2.24, 2.45) is 0 Å². The molecule has 104 valence electrons. The molecule has 19 heavy (non-hydrogen) atoms. The van der Waals surface area contributed by atoms with Gasteiger partial charge >= 0.3 is 0 Å². The average molecular weight is 264 g/mol. The molecule has 0 radical (unpaired) electrons. The van der Waals surface area contributed by atoms with Crippen LogP contribution in [0.5, 0.6) is 0 Å². The van der Waals surface area contributed by atoms with Crippen LogP contribution in [0.3, 0.4) is 0 Å². The lowest BCUT2D eigenvalue weighted by molar-refractivity contribution is -0.118. The van der Waals surface area contributed by atoms with Crippen LogP contribution in [-0.2, 0) is 4.79 Å². The molecule has 1 aliphatic rings. The molecule has 1 atom stereocenters. The molecule has 2 rings (SSSR count). The third kappa shape index (κ3) is 3.77. The number of aryl methyl sites for hydroxylation is 1. The van der Waals surface area contributed by atoms with E-state index >= 15 is 0 Å². The molecule has 0 spiro atoms. The standard InChI is InChI=1S/C15H21FN2O/c1-11-6-7-13(16)9-14(11)17-15(19)10-18-8-4-3-5-12(18)2/h6-7,9,12H,3-5,8,10H2,1-2H3,(H,17,19). The molecule has 0 aromatic heterocycles. The number of amides is 1. The predicted molar refractivity (Wildman–Crippen MR) is 74.7 cm³/mol. The maximum atomic E-state index is 13.2. The number of carbonyl (C=O) groups excluding carboxylic acids is 1. The maximum Gasteiger partial charge on any atom is 0.238 e. The fourth-order valence-corrected chi connectivity index (χ4v) is 2.50. The molecule has 1 aromatic rings. The molecule has 0 saturated carbocycles. The highest BCUT2D eigenvalue weighted by Crippen LogP contribution is 2.18. The number of benzene rings is 1. The third-order valence-electron chi connectivity index (χ3n) is 3.76. The van der Waals surface area contributed by atoms with E-state index in [4.69, 9.17) is 0 Å². The van der Waals surface area contributed by atoms with Gasteiger partial charge in [0, 0.05) is 11.7 Å². The first-order chi connectivity index (χ1) is 9.06. The lowest BCUT2D eigenvalue weighted by Crippen LogP contribution is -2.42. The lowest BCUT2D eigenvalue weighted by Gasteiger charge is -2.32. The van der Waals surface area contributed by atoms with Crippen molar-refractivity contribution in [2.75, 3.05) is 18.4 Å². The Kier molecular flexibility index (Phi) is 4.53. The van der Waals surface area contributed by atoms with Gasteiger partial charge in [0.1, 0.15) is 5.82 Å². The minimum Gasteiger partial charge on any atom is -0.325 e. The summed E-state index contributed by atoms with van der Waals surface area (Å²) in [5.41, 5.74) is 1.44. The van der Waals surface area contributed by atoms with Crippen molar-refractivity contribution in [3.8, 4) is 0 Å². The highest BCUT2D eigenvalue weighted by molar-refractivity contribution is 5.93. The number of nitrogens with zero attached hydrogens (tertiary/aromatic N) is 1. The molecule has 1 amide bonds. The number of hydrogen-bond donors (Lipinski definition) is 1. The third-order valence-corrected chi connectivity index (χ3v) is 3.76. The van der Waals surface area contributed by atoms with Crippen LogP contribution in [0.25, 0.3) is 0 Å². The largest absolute Gasteiger partial charge is 0.325 e. The van der Waals surface area contributed by atoms with Gasteiger partial charge in [-0.15, -0.1) is 0 Å². The number of likely N-dealkylation sites (tertiary alicyclic amines) is 1. The van der Waals surface area contributed by atoms with Crippen LogP contribution in [0, 0.1) is 12.7 Å². The number of nitrogens with one attached hydrogen (secondary N) is 1. The minimum absolute atomic E-state index is 0.0672. The summed E-state index contributed by atoms with van der Waals surface area (Å²) in [6.45, 7) is 5.37. The van der Waals surface area contributed by atoms with E-state index in [-0.39, 0.29) is 11.7 Å². The average Bonchev–Trinajstić information content (AvgIpc) is 2.37. The predicted octanol–water partition coefficient (Wildman–Crippen LogP) is 2.95. The van der Waals surface area contributed by atoms with E-state index in [1.807, 2.05) is 6.92 Å². The number of carbonyl (C=O) groups is 1. The molecule has 1 N–H and O–H groups in total. The summed E-state index contributed by atoms with van der Waals surface area (Å²) in [6.07, 6.45) is 3.53. The molecule has 0 bridgehead atoms. The molecule has 1 aromatic carbocycles. The van der Waals surface area contributed by atoms with Gasteiger partial charge in [-0.2, -0.15) is 0 Å². The van der Waals surface area contributed by atoms with Gasteiger partial charge in [0.05, 0.1) is 6.54 Å². The Morgan fingerprint density at radius 2 is 2.26 bits per heavy atom. The topological polar surface area (TPSA) is 32.3 Å². The zero-order chi connectivity index (χ0) is 13.8. The van der Waals surface area contributed by atoms with Crippen molar-refractivity contribution in [2.45, 2.75) is 39.2 Å². The molecule has 0 aliphatic carbocycles. The first-order valence-corrected chi connectivity index (χ1v) is 6.86. The summed E-state index contributed by atoms with van der Waals surface area (Å²) >= 11 is 0. The first-order valence-electron chi connectivity index (χ1n) is 6.86. The van der Waals surface area contributed by atoms with E-state index in [2.05, 4.69) is 17.1 Å². The van der Waals surface area contributed by atoms with E-state index in [1.165, 1.54) is 18.6 Å². The van der Waals surface area contributed by atoms with Crippen LogP contribution in [0.4, 0.5) is 10.1 Å². The second kappa shape index (κ2) is 6.15. The molecule has 1 aliphatic heterocycles. The van der Waals surface area contributed by atoms with E-state index in [0.29, 0.717) is 18.3 Å². The van der Waals surface area contributed by atoms with Crippen LogP contribution in [0.15, 0.2) is 18.2 Å². The van der Waals surface area contributed by atoms with Crippen molar-refractivity contribution < 1.29 is 9.18 Å². The molecule has 1 saturated heterocycles. The highest BCUT2D eigenvalue weighted by Gasteiger charge is 2.20. The zero-order valence-electron chi connectivity index (χ0n) is 11.6. The SMILES string of the molecule is Cc1ccc(F)cc1NC(=O)CN1CCCCC1C. The molecule has 3 nitrogen and oxygen atoms in total. The molecule has 1 fully saturated rings. The van der Waals surface area contributed by atoms with Gasteiger partial charge in [-0.1, -0.05) is 12.5 Å². The number of anilines is 1. The fourth-order valence-electron chi connectivity index (χ4n) is 2.50. The van der Waals surface area contributed by atoms with Crippen LogP contribution < -0.4 is 5.32 Å².